The Bertz CT molecular complexity index is 481. The molecule has 0 bridgehead atoms. The van der Waals surface area contributed by atoms with E-state index in [-0.39, 0.29) is 12.3 Å². The van der Waals surface area contributed by atoms with Crippen LogP contribution < -0.4 is 0 Å². The average Bonchev–Trinajstić information content (AvgIpc) is 2.47. The molecule has 1 N–H and O–H groups in total. The molecule has 1 aromatic heterocycles. The highest BCUT2D eigenvalue weighted by molar-refractivity contribution is 5.94. The number of carbonyl (C=O) groups is 2. The SMILES string of the molecule is CN(C(=O)c1cccnc1)C1(CC(=O)O)CCCCC1. The Morgan fingerprint density at radius 3 is 2.60 bits per heavy atom. The third-order valence-corrected chi connectivity index (χ3v) is 4.19. The molecule has 1 amide bonds. The van der Waals surface area contributed by atoms with Crippen LogP contribution in [0.4, 0.5) is 0 Å². The average molecular weight is 276 g/mol. The zero-order valence-corrected chi connectivity index (χ0v) is 11.7. The third kappa shape index (κ3) is 2.98. The highest BCUT2D eigenvalue weighted by Crippen LogP contribution is 2.36. The number of aliphatic carboxylic acids is 1. The van der Waals surface area contributed by atoms with E-state index >= 15 is 0 Å². The summed E-state index contributed by atoms with van der Waals surface area (Å²) in [5.74, 6) is -1.00. The van der Waals surface area contributed by atoms with E-state index in [1.807, 2.05) is 0 Å². The Morgan fingerprint density at radius 2 is 2.05 bits per heavy atom. The molecule has 1 aliphatic carbocycles. The molecule has 2 rings (SSSR count). The maximum Gasteiger partial charge on any atom is 0.305 e. The van der Waals surface area contributed by atoms with Gasteiger partial charge in [-0.15, -0.1) is 0 Å². The molecule has 1 fully saturated rings. The van der Waals surface area contributed by atoms with E-state index in [2.05, 4.69) is 4.98 Å². The van der Waals surface area contributed by atoms with Crippen LogP contribution in [0.3, 0.4) is 0 Å². The molecule has 0 atom stereocenters. The van der Waals surface area contributed by atoms with E-state index < -0.39 is 11.5 Å². The quantitative estimate of drug-likeness (QED) is 0.916. The first-order valence-corrected chi connectivity index (χ1v) is 6.95. The monoisotopic (exact) mass is 276 g/mol. The van der Waals surface area contributed by atoms with E-state index in [1.165, 1.54) is 6.20 Å². The van der Waals surface area contributed by atoms with E-state index in [4.69, 9.17) is 0 Å². The van der Waals surface area contributed by atoms with Crippen LogP contribution in [0, 0.1) is 0 Å². The Hall–Kier alpha value is -1.91. The Kier molecular flexibility index (Phi) is 4.37. The summed E-state index contributed by atoms with van der Waals surface area (Å²) in [5.41, 5.74) is -0.0536. The van der Waals surface area contributed by atoms with Crippen LogP contribution in [0.15, 0.2) is 24.5 Å². The lowest BCUT2D eigenvalue weighted by Crippen LogP contribution is -2.52. The molecular weight excluding hydrogens is 256 g/mol. The number of aromatic nitrogens is 1. The van der Waals surface area contributed by atoms with Gasteiger partial charge in [-0.25, -0.2) is 0 Å². The molecule has 0 unspecified atom stereocenters. The van der Waals surface area contributed by atoms with Crippen LogP contribution in [0.5, 0.6) is 0 Å². The highest BCUT2D eigenvalue weighted by Gasteiger charge is 2.40. The number of rotatable bonds is 4. The van der Waals surface area contributed by atoms with E-state index in [9.17, 15) is 14.7 Å². The molecule has 0 radical (unpaired) electrons. The fourth-order valence-corrected chi connectivity index (χ4v) is 3.02. The number of pyridine rings is 1. The lowest BCUT2D eigenvalue weighted by Gasteiger charge is -2.43. The molecule has 1 aliphatic rings. The number of carboxylic acids is 1. The van der Waals surface area contributed by atoms with Gasteiger partial charge >= 0.3 is 5.97 Å². The molecule has 5 nitrogen and oxygen atoms in total. The van der Waals surface area contributed by atoms with Crippen molar-refractivity contribution >= 4 is 11.9 Å². The van der Waals surface area contributed by atoms with E-state index in [0.717, 1.165) is 32.1 Å². The summed E-state index contributed by atoms with van der Waals surface area (Å²) in [4.78, 5) is 29.3. The molecule has 0 aromatic carbocycles. The fraction of sp³-hybridized carbons (Fsp3) is 0.533. The molecule has 108 valence electrons. The summed E-state index contributed by atoms with van der Waals surface area (Å²) in [6.07, 6.45) is 7.70. The second-order valence-corrected chi connectivity index (χ2v) is 5.46. The second kappa shape index (κ2) is 6.03. The van der Waals surface area contributed by atoms with Gasteiger partial charge in [0, 0.05) is 19.4 Å². The minimum atomic E-state index is -0.849. The van der Waals surface area contributed by atoms with Crippen molar-refractivity contribution in [1.82, 2.24) is 9.88 Å². The van der Waals surface area contributed by atoms with Gasteiger partial charge in [-0.1, -0.05) is 19.3 Å². The maximum atomic E-state index is 12.5. The van der Waals surface area contributed by atoms with Crippen molar-refractivity contribution in [1.29, 1.82) is 0 Å². The Labute approximate surface area is 118 Å². The first-order chi connectivity index (χ1) is 9.55. The maximum absolute atomic E-state index is 12.5. The lowest BCUT2D eigenvalue weighted by atomic mass is 9.78. The van der Waals surface area contributed by atoms with Crippen LogP contribution in [-0.4, -0.2) is 39.5 Å². The number of nitrogens with zero attached hydrogens (tertiary/aromatic N) is 2. The number of hydrogen-bond acceptors (Lipinski definition) is 3. The number of hydrogen-bond donors (Lipinski definition) is 1. The molecular formula is C15H20N2O3. The van der Waals surface area contributed by atoms with Gasteiger partial charge in [0.2, 0.25) is 0 Å². The van der Waals surface area contributed by atoms with Gasteiger partial charge < -0.3 is 10.0 Å². The zero-order chi connectivity index (χ0) is 14.6. The molecule has 0 saturated heterocycles. The Morgan fingerprint density at radius 1 is 1.35 bits per heavy atom. The van der Waals surface area contributed by atoms with Gasteiger partial charge in [-0.2, -0.15) is 0 Å². The Balaban J connectivity index is 2.24. The van der Waals surface area contributed by atoms with Gasteiger partial charge in [0.05, 0.1) is 17.5 Å². The van der Waals surface area contributed by atoms with Crippen molar-refractivity contribution in [3.05, 3.63) is 30.1 Å². The number of carbonyl (C=O) groups excluding carboxylic acids is 1. The van der Waals surface area contributed by atoms with Crippen LogP contribution in [-0.2, 0) is 4.79 Å². The number of carboxylic acid groups (broad SMARTS) is 1. The summed E-state index contributed by atoms with van der Waals surface area (Å²) in [6, 6.07) is 3.43. The highest BCUT2D eigenvalue weighted by atomic mass is 16.4. The molecule has 1 saturated carbocycles. The van der Waals surface area contributed by atoms with Crippen LogP contribution in [0.25, 0.3) is 0 Å². The minimum Gasteiger partial charge on any atom is -0.481 e. The van der Waals surface area contributed by atoms with E-state index in [1.54, 1.807) is 30.3 Å². The van der Waals surface area contributed by atoms with E-state index in [0.29, 0.717) is 5.56 Å². The van der Waals surface area contributed by atoms with Crippen LogP contribution in [0.2, 0.25) is 0 Å². The smallest absolute Gasteiger partial charge is 0.305 e. The largest absolute Gasteiger partial charge is 0.481 e. The first kappa shape index (κ1) is 14.5. The summed E-state index contributed by atoms with van der Waals surface area (Å²) in [5, 5.41) is 9.18. The molecule has 1 heterocycles. The fourth-order valence-electron chi connectivity index (χ4n) is 3.02. The normalized spacial score (nSPS) is 17.4. The molecule has 0 spiro atoms. The minimum absolute atomic E-state index is 0.00943. The second-order valence-electron chi connectivity index (χ2n) is 5.46. The van der Waals surface area contributed by atoms with Crippen molar-refractivity contribution in [3.8, 4) is 0 Å². The van der Waals surface area contributed by atoms with Crippen molar-refractivity contribution in [2.24, 2.45) is 0 Å². The van der Waals surface area contributed by atoms with Crippen molar-refractivity contribution in [2.75, 3.05) is 7.05 Å². The lowest BCUT2D eigenvalue weighted by molar-refractivity contribution is -0.140. The van der Waals surface area contributed by atoms with Crippen LogP contribution in [0.1, 0.15) is 48.9 Å². The van der Waals surface area contributed by atoms with Gasteiger partial charge in [-0.3, -0.25) is 14.6 Å². The van der Waals surface area contributed by atoms with Crippen molar-refractivity contribution in [3.63, 3.8) is 0 Å². The summed E-state index contributed by atoms with van der Waals surface area (Å²) in [7, 11) is 1.71. The molecule has 5 heteroatoms. The molecule has 1 aromatic rings. The first-order valence-electron chi connectivity index (χ1n) is 6.95. The molecule has 0 aliphatic heterocycles. The van der Waals surface area contributed by atoms with Gasteiger partial charge in [0.25, 0.3) is 5.91 Å². The predicted octanol–water partition coefficient (Wildman–Crippen LogP) is 2.33. The van der Waals surface area contributed by atoms with Gasteiger partial charge in [0.1, 0.15) is 0 Å². The van der Waals surface area contributed by atoms with Gasteiger partial charge in [-0.05, 0) is 25.0 Å². The topological polar surface area (TPSA) is 70.5 Å². The van der Waals surface area contributed by atoms with Crippen molar-refractivity contribution < 1.29 is 14.7 Å². The number of amides is 1. The van der Waals surface area contributed by atoms with Gasteiger partial charge in [0.15, 0.2) is 0 Å². The summed E-state index contributed by atoms with van der Waals surface area (Å²) < 4.78 is 0. The third-order valence-electron chi connectivity index (χ3n) is 4.19. The molecule has 20 heavy (non-hydrogen) atoms. The van der Waals surface area contributed by atoms with Crippen molar-refractivity contribution in [2.45, 2.75) is 44.1 Å². The standard InChI is InChI=1S/C15H20N2O3/c1-17(14(20)12-6-5-9-16-11-12)15(10-13(18)19)7-3-2-4-8-15/h5-6,9,11H,2-4,7-8,10H2,1H3,(H,18,19). The zero-order valence-electron chi connectivity index (χ0n) is 11.7. The predicted molar refractivity (Wildman–Crippen MR) is 74.4 cm³/mol. The summed E-state index contributed by atoms with van der Waals surface area (Å²) in [6.45, 7) is 0. The summed E-state index contributed by atoms with van der Waals surface area (Å²) >= 11 is 0. The van der Waals surface area contributed by atoms with Crippen LogP contribution >= 0.6 is 0 Å².